The lowest BCUT2D eigenvalue weighted by Crippen LogP contribution is -2.49. The summed E-state index contributed by atoms with van der Waals surface area (Å²) >= 11 is 0. The highest BCUT2D eigenvalue weighted by molar-refractivity contribution is 5.18. The van der Waals surface area contributed by atoms with Crippen molar-refractivity contribution in [2.24, 2.45) is 5.73 Å². The minimum absolute atomic E-state index is 0.00491. The van der Waals surface area contributed by atoms with Gasteiger partial charge in [-0.05, 0) is 25.1 Å². The van der Waals surface area contributed by atoms with E-state index in [4.69, 9.17) is 5.73 Å². The number of piperazine rings is 1. The third-order valence-corrected chi connectivity index (χ3v) is 3.53. The van der Waals surface area contributed by atoms with Crippen molar-refractivity contribution < 1.29 is 4.39 Å². The second kappa shape index (κ2) is 6.27. The molecule has 1 unspecified atom stereocenters. The molecule has 1 fully saturated rings. The fraction of sp³-hybridized carbons (Fsp3) is 0.571. The SMILES string of the molecule is CN1CCN(CC(N)Cc2ccccc2F)CC1. The quantitative estimate of drug-likeness (QED) is 0.864. The van der Waals surface area contributed by atoms with Gasteiger partial charge in [-0.3, -0.25) is 4.90 Å². The van der Waals surface area contributed by atoms with Crippen LogP contribution in [-0.4, -0.2) is 55.6 Å². The summed E-state index contributed by atoms with van der Waals surface area (Å²) in [6.07, 6.45) is 0.610. The summed E-state index contributed by atoms with van der Waals surface area (Å²) in [5.41, 5.74) is 6.84. The van der Waals surface area contributed by atoms with Crippen LogP contribution in [-0.2, 0) is 6.42 Å². The minimum atomic E-state index is -0.147. The van der Waals surface area contributed by atoms with E-state index in [1.54, 1.807) is 6.07 Å². The van der Waals surface area contributed by atoms with E-state index in [0.29, 0.717) is 6.42 Å². The Morgan fingerprint density at radius 3 is 2.56 bits per heavy atom. The molecule has 1 aromatic carbocycles. The Bertz CT molecular complexity index is 375. The molecule has 1 saturated heterocycles. The maximum absolute atomic E-state index is 13.5. The molecule has 1 aliphatic heterocycles. The summed E-state index contributed by atoms with van der Waals surface area (Å²) in [6, 6.07) is 6.90. The number of hydrogen-bond donors (Lipinski definition) is 1. The van der Waals surface area contributed by atoms with Gasteiger partial charge in [-0.1, -0.05) is 18.2 Å². The van der Waals surface area contributed by atoms with Gasteiger partial charge in [-0.15, -0.1) is 0 Å². The van der Waals surface area contributed by atoms with Crippen LogP contribution in [0, 0.1) is 5.82 Å². The monoisotopic (exact) mass is 251 g/mol. The number of halogens is 1. The first-order valence-electron chi connectivity index (χ1n) is 6.55. The highest BCUT2D eigenvalue weighted by atomic mass is 19.1. The molecule has 1 atom stereocenters. The molecule has 1 heterocycles. The molecule has 2 rings (SSSR count). The molecule has 0 radical (unpaired) electrons. The second-order valence-electron chi connectivity index (χ2n) is 5.16. The summed E-state index contributed by atoms with van der Waals surface area (Å²) in [6.45, 7) is 5.14. The van der Waals surface area contributed by atoms with E-state index in [1.165, 1.54) is 6.07 Å². The maximum atomic E-state index is 13.5. The number of nitrogens with two attached hydrogens (primary N) is 1. The Labute approximate surface area is 108 Å². The van der Waals surface area contributed by atoms with E-state index in [2.05, 4.69) is 16.8 Å². The van der Waals surface area contributed by atoms with Crippen LogP contribution >= 0.6 is 0 Å². The molecule has 4 heteroatoms. The van der Waals surface area contributed by atoms with Crippen LogP contribution in [0.4, 0.5) is 4.39 Å². The normalized spacial score (nSPS) is 19.9. The molecule has 1 aromatic rings. The van der Waals surface area contributed by atoms with Crippen LogP contribution in [0.2, 0.25) is 0 Å². The molecular weight excluding hydrogens is 229 g/mol. The first kappa shape index (κ1) is 13.5. The average Bonchev–Trinajstić information content (AvgIpc) is 2.35. The smallest absolute Gasteiger partial charge is 0.126 e. The number of nitrogens with zero attached hydrogens (tertiary/aromatic N) is 2. The maximum Gasteiger partial charge on any atom is 0.126 e. The Morgan fingerprint density at radius 2 is 1.89 bits per heavy atom. The Hall–Kier alpha value is -0.970. The average molecular weight is 251 g/mol. The molecule has 0 spiro atoms. The lowest BCUT2D eigenvalue weighted by atomic mass is 10.1. The third-order valence-electron chi connectivity index (χ3n) is 3.53. The lowest BCUT2D eigenvalue weighted by Gasteiger charge is -2.33. The topological polar surface area (TPSA) is 32.5 Å². The second-order valence-corrected chi connectivity index (χ2v) is 5.16. The predicted octanol–water partition coefficient (Wildman–Crippen LogP) is 0.943. The van der Waals surface area contributed by atoms with Crippen molar-refractivity contribution in [1.82, 2.24) is 9.80 Å². The molecule has 3 nitrogen and oxygen atoms in total. The van der Waals surface area contributed by atoms with E-state index in [0.717, 1.165) is 38.3 Å². The van der Waals surface area contributed by atoms with Gasteiger partial charge in [0.15, 0.2) is 0 Å². The predicted molar refractivity (Wildman–Crippen MR) is 72.0 cm³/mol. The summed E-state index contributed by atoms with van der Waals surface area (Å²) in [5, 5.41) is 0. The fourth-order valence-corrected chi connectivity index (χ4v) is 2.37. The van der Waals surface area contributed by atoms with Gasteiger partial charge >= 0.3 is 0 Å². The summed E-state index contributed by atoms with van der Waals surface area (Å²) in [7, 11) is 2.14. The number of rotatable bonds is 4. The van der Waals surface area contributed by atoms with Gasteiger partial charge in [0.1, 0.15) is 5.82 Å². The minimum Gasteiger partial charge on any atom is -0.326 e. The van der Waals surface area contributed by atoms with Crippen molar-refractivity contribution in [2.45, 2.75) is 12.5 Å². The van der Waals surface area contributed by atoms with Crippen molar-refractivity contribution in [3.63, 3.8) is 0 Å². The van der Waals surface area contributed by atoms with Crippen LogP contribution in [0.3, 0.4) is 0 Å². The molecule has 100 valence electrons. The van der Waals surface area contributed by atoms with Crippen molar-refractivity contribution in [3.05, 3.63) is 35.6 Å². The molecule has 18 heavy (non-hydrogen) atoms. The van der Waals surface area contributed by atoms with Gasteiger partial charge in [0, 0.05) is 38.8 Å². The van der Waals surface area contributed by atoms with Crippen LogP contribution in [0.1, 0.15) is 5.56 Å². The third kappa shape index (κ3) is 3.77. The van der Waals surface area contributed by atoms with Gasteiger partial charge in [0.2, 0.25) is 0 Å². The molecule has 0 saturated carbocycles. The first-order valence-corrected chi connectivity index (χ1v) is 6.55. The Balaban J connectivity index is 1.82. The molecule has 0 aromatic heterocycles. The molecular formula is C14H22FN3. The zero-order valence-corrected chi connectivity index (χ0v) is 11.0. The zero-order valence-electron chi connectivity index (χ0n) is 11.0. The summed E-state index contributed by atoms with van der Waals surface area (Å²) < 4.78 is 13.5. The van der Waals surface area contributed by atoms with E-state index >= 15 is 0 Å². The standard InChI is InChI=1S/C14H22FN3/c1-17-6-8-18(9-7-17)11-13(16)10-12-4-2-3-5-14(12)15/h2-5,13H,6-11,16H2,1H3. The Kier molecular flexibility index (Phi) is 4.69. The van der Waals surface area contributed by atoms with Gasteiger partial charge in [0.05, 0.1) is 0 Å². The van der Waals surface area contributed by atoms with Gasteiger partial charge in [0.25, 0.3) is 0 Å². The van der Waals surface area contributed by atoms with E-state index in [1.807, 2.05) is 12.1 Å². The first-order chi connectivity index (χ1) is 8.65. The highest BCUT2D eigenvalue weighted by Crippen LogP contribution is 2.09. The van der Waals surface area contributed by atoms with E-state index < -0.39 is 0 Å². The largest absolute Gasteiger partial charge is 0.326 e. The molecule has 0 aliphatic carbocycles. The van der Waals surface area contributed by atoms with Crippen LogP contribution in [0.5, 0.6) is 0 Å². The van der Waals surface area contributed by atoms with Crippen LogP contribution in [0.15, 0.2) is 24.3 Å². The number of likely N-dealkylation sites (N-methyl/N-ethyl adjacent to an activating group) is 1. The lowest BCUT2D eigenvalue weighted by molar-refractivity contribution is 0.147. The Morgan fingerprint density at radius 1 is 1.22 bits per heavy atom. The highest BCUT2D eigenvalue weighted by Gasteiger charge is 2.17. The van der Waals surface area contributed by atoms with Crippen LogP contribution < -0.4 is 5.73 Å². The summed E-state index contributed by atoms with van der Waals surface area (Å²) in [4.78, 5) is 4.68. The van der Waals surface area contributed by atoms with Gasteiger partial charge in [-0.2, -0.15) is 0 Å². The van der Waals surface area contributed by atoms with Crippen molar-refractivity contribution in [2.75, 3.05) is 39.8 Å². The van der Waals surface area contributed by atoms with Crippen molar-refractivity contribution in [1.29, 1.82) is 0 Å². The molecule has 0 amide bonds. The zero-order chi connectivity index (χ0) is 13.0. The number of benzene rings is 1. The van der Waals surface area contributed by atoms with Crippen molar-refractivity contribution >= 4 is 0 Å². The van der Waals surface area contributed by atoms with E-state index in [9.17, 15) is 4.39 Å². The molecule has 1 aliphatic rings. The fourth-order valence-electron chi connectivity index (χ4n) is 2.37. The van der Waals surface area contributed by atoms with Gasteiger partial charge < -0.3 is 10.6 Å². The summed E-state index contributed by atoms with van der Waals surface area (Å²) in [5.74, 6) is -0.147. The molecule has 2 N–H and O–H groups in total. The van der Waals surface area contributed by atoms with Crippen LogP contribution in [0.25, 0.3) is 0 Å². The number of hydrogen-bond acceptors (Lipinski definition) is 3. The van der Waals surface area contributed by atoms with Crippen molar-refractivity contribution in [3.8, 4) is 0 Å². The molecule has 0 bridgehead atoms. The van der Waals surface area contributed by atoms with Gasteiger partial charge in [-0.25, -0.2) is 4.39 Å². The van der Waals surface area contributed by atoms with E-state index in [-0.39, 0.29) is 11.9 Å².